The molecule has 0 aliphatic carbocycles. The van der Waals surface area contributed by atoms with Gasteiger partial charge < -0.3 is 0 Å². The minimum absolute atomic E-state index is 0.568. The van der Waals surface area contributed by atoms with Crippen molar-refractivity contribution in [3.8, 4) is 0 Å². The van der Waals surface area contributed by atoms with Crippen LogP contribution in [0.1, 0.15) is 12.8 Å². The fourth-order valence-corrected chi connectivity index (χ4v) is 0.481. The second-order valence-electron chi connectivity index (χ2n) is 1.49. The highest BCUT2D eigenvalue weighted by Crippen LogP contribution is 2.06. The van der Waals surface area contributed by atoms with Crippen molar-refractivity contribution in [2.45, 2.75) is 19.1 Å². The SMILES string of the molecule is [O]C1CCCOO1. The minimum Gasteiger partial charge on any atom is -0.234 e. The van der Waals surface area contributed by atoms with Gasteiger partial charge in [0.05, 0.1) is 6.61 Å². The Bertz CT molecular complexity index is 48.9. The molecule has 3 heteroatoms. The molecule has 1 aliphatic rings. The van der Waals surface area contributed by atoms with Crippen LogP contribution in [0.5, 0.6) is 0 Å². The molecule has 1 rings (SSSR count). The van der Waals surface area contributed by atoms with Crippen LogP contribution in [-0.2, 0) is 14.9 Å². The van der Waals surface area contributed by atoms with Crippen LogP contribution in [0.4, 0.5) is 0 Å². The molecule has 1 atom stereocenters. The summed E-state index contributed by atoms with van der Waals surface area (Å²) < 4.78 is 0. The van der Waals surface area contributed by atoms with Crippen LogP contribution in [-0.4, -0.2) is 12.9 Å². The molecule has 0 spiro atoms. The van der Waals surface area contributed by atoms with Crippen LogP contribution in [0.15, 0.2) is 0 Å². The Morgan fingerprint density at radius 2 is 2.43 bits per heavy atom. The van der Waals surface area contributed by atoms with Crippen LogP contribution < -0.4 is 0 Å². The van der Waals surface area contributed by atoms with Crippen LogP contribution in [0, 0.1) is 0 Å². The molecule has 0 N–H and O–H groups in total. The zero-order valence-corrected chi connectivity index (χ0v) is 3.92. The molecule has 1 heterocycles. The highest BCUT2D eigenvalue weighted by Gasteiger charge is 2.11. The predicted molar refractivity (Wildman–Crippen MR) is 20.7 cm³/mol. The van der Waals surface area contributed by atoms with Crippen molar-refractivity contribution >= 4 is 0 Å². The summed E-state index contributed by atoms with van der Waals surface area (Å²) in [6.07, 6.45) is 0.475. The Kier molecular flexibility index (Phi) is 1.62. The van der Waals surface area contributed by atoms with E-state index in [4.69, 9.17) is 0 Å². The van der Waals surface area contributed by atoms with Gasteiger partial charge in [0, 0.05) is 6.42 Å². The number of hydrogen-bond donors (Lipinski definition) is 0. The largest absolute Gasteiger partial charge is 0.234 e. The van der Waals surface area contributed by atoms with Gasteiger partial charge in [0.25, 0.3) is 0 Å². The Labute approximate surface area is 41.8 Å². The van der Waals surface area contributed by atoms with Gasteiger partial charge in [0.1, 0.15) is 0 Å². The Morgan fingerprint density at radius 3 is 2.71 bits per heavy atom. The maximum atomic E-state index is 10.2. The van der Waals surface area contributed by atoms with Crippen LogP contribution in [0.3, 0.4) is 0 Å². The fourth-order valence-electron chi connectivity index (χ4n) is 0.481. The summed E-state index contributed by atoms with van der Waals surface area (Å²) in [6.45, 7) is 0.568. The zero-order valence-electron chi connectivity index (χ0n) is 3.92. The normalized spacial score (nSPS) is 33.0. The third-order valence-corrected chi connectivity index (χ3v) is 0.843. The molecule has 0 aromatic rings. The summed E-state index contributed by atoms with van der Waals surface area (Å²) in [5.41, 5.74) is 0. The van der Waals surface area contributed by atoms with Crippen LogP contribution in [0.2, 0.25) is 0 Å². The van der Waals surface area contributed by atoms with E-state index < -0.39 is 6.29 Å². The van der Waals surface area contributed by atoms with Crippen molar-refractivity contribution in [2.24, 2.45) is 0 Å². The van der Waals surface area contributed by atoms with Gasteiger partial charge in [-0.25, -0.2) is 9.78 Å². The molecule has 1 aliphatic heterocycles. The molecule has 1 radical (unpaired) electrons. The first-order valence-corrected chi connectivity index (χ1v) is 2.33. The first-order valence-electron chi connectivity index (χ1n) is 2.33. The van der Waals surface area contributed by atoms with Gasteiger partial charge >= 0.3 is 0 Å². The van der Waals surface area contributed by atoms with Gasteiger partial charge in [-0.05, 0) is 6.42 Å². The molecule has 1 unspecified atom stereocenters. The molecular weight excluding hydrogens is 96.0 g/mol. The molecule has 7 heavy (non-hydrogen) atoms. The quantitative estimate of drug-likeness (QED) is 0.418. The van der Waals surface area contributed by atoms with Crippen molar-refractivity contribution in [1.29, 1.82) is 0 Å². The van der Waals surface area contributed by atoms with Crippen molar-refractivity contribution in [2.75, 3.05) is 6.61 Å². The predicted octanol–water partition coefficient (Wildman–Crippen LogP) is 0.485. The fraction of sp³-hybridized carbons (Fsp3) is 1.00. The topological polar surface area (TPSA) is 38.4 Å². The van der Waals surface area contributed by atoms with E-state index in [-0.39, 0.29) is 0 Å². The molecule has 0 bridgehead atoms. The molecule has 0 aromatic carbocycles. The second-order valence-corrected chi connectivity index (χ2v) is 1.49. The smallest absolute Gasteiger partial charge is 0.224 e. The standard InChI is InChI=1S/C4H7O3/c5-4-2-1-3-6-7-4/h4H,1-3H2. The van der Waals surface area contributed by atoms with Crippen molar-refractivity contribution < 1.29 is 14.9 Å². The van der Waals surface area contributed by atoms with E-state index in [9.17, 15) is 5.11 Å². The van der Waals surface area contributed by atoms with Gasteiger partial charge in [-0.2, -0.15) is 5.11 Å². The maximum absolute atomic E-state index is 10.2. The lowest BCUT2D eigenvalue weighted by molar-refractivity contribution is -0.402. The Balaban J connectivity index is 2.12. The van der Waals surface area contributed by atoms with E-state index in [2.05, 4.69) is 9.78 Å². The van der Waals surface area contributed by atoms with Gasteiger partial charge in [-0.15, -0.1) is 0 Å². The average Bonchev–Trinajstić information content (AvgIpc) is 1.69. The molecule has 3 nitrogen and oxygen atoms in total. The highest BCUT2D eigenvalue weighted by atomic mass is 17.2. The lowest BCUT2D eigenvalue weighted by Gasteiger charge is -2.12. The van der Waals surface area contributed by atoms with E-state index in [1.165, 1.54) is 0 Å². The molecule has 0 aromatic heterocycles. The lowest BCUT2D eigenvalue weighted by atomic mass is 10.3. The van der Waals surface area contributed by atoms with Gasteiger partial charge in [-0.1, -0.05) is 0 Å². The van der Waals surface area contributed by atoms with E-state index in [0.717, 1.165) is 6.42 Å². The van der Waals surface area contributed by atoms with E-state index in [1.54, 1.807) is 0 Å². The Morgan fingerprint density at radius 1 is 1.57 bits per heavy atom. The lowest BCUT2D eigenvalue weighted by Crippen LogP contribution is -2.17. The summed E-state index contributed by atoms with van der Waals surface area (Å²) in [4.78, 5) is 8.59. The summed E-state index contributed by atoms with van der Waals surface area (Å²) >= 11 is 0. The van der Waals surface area contributed by atoms with E-state index in [0.29, 0.717) is 13.0 Å². The Hall–Kier alpha value is -0.120. The van der Waals surface area contributed by atoms with Gasteiger partial charge in [0.15, 0.2) is 0 Å². The third kappa shape index (κ3) is 1.43. The summed E-state index contributed by atoms with van der Waals surface area (Å²) in [5, 5.41) is 10.2. The van der Waals surface area contributed by atoms with Crippen LogP contribution >= 0.6 is 0 Å². The average molecular weight is 103 g/mol. The van der Waals surface area contributed by atoms with Crippen molar-refractivity contribution in [1.82, 2.24) is 0 Å². The monoisotopic (exact) mass is 103 g/mol. The van der Waals surface area contributed by atoms with E-state index >= 15 is 0 Å². The maximum Gasteiger partial charge on any atom is 0.224 e. The van der Waals surface area contributed by atoms with Crippen molar-refractivity contribution in [3.05, 3.63) is 0 Å². The highest BCUT2D eigenvalue weighted by molar-refractivity contribution is 4.42. The molecule has 0 saturated carbocycles. The first kappa shape index (κ1) is 5.03. The molecule has 0 amide bonds. The summed E-state index contributed by atoms with van der Waals surface area (Å²) in [6, 6.07) is 0. The number of hydrogen-bond acceptors (Lipinski definition) is 2. The van der Waals surface area contributed by atoms with E-state index in [1.807, 2.05) is 0 Å². The van der Waals surface area contributed by atoms with Gasteiger partial charge in [0.2, 0.25) is 6.29 Å². The molecule has 1 saturated heterocycles. The zero-order chi connectivity index (χ0) is 5.11. The van der Waals surface area contributed by atoms with Gasteiger partial charge in [-0.3, -0.25) is 0 Å². The third-order valence-electron chi connectivity index (χ3n) is 0.843. The summed E-state index contributed by atoms with van der Waals surface area (Å²) in [5.74, 6) is 0. The molecular formula is C4H7O3. The molecule has 41 valence electrons. The second kappa shape index (κ2) is 2.26. The van der Waals surface area contributed by atoms with Crippen molar-refractivity contribution in [3.63, 3.8) is 0 Å². The molecule has 1 fully saturated rings. The number of rotatable bonds is 0. The minimum atomic E-state index is -0.936. The van der Waals surface area contributed by atoms with Crippen LogP contribution in [0.25, 0.3) is 0 Å². The summed E-state index contributed by atoms with van der Waals surface area (Å²) in [7, 11) is 0. The first-order chi connectivity index (χ1) is 3.39.